The maximum absolute atomic E-state index is 13.4. The van der Waals surface area contributed by atoms with Crippen LogP contribution in [-0.2, 0) is 13.2 Å². The summed E-state index contributed by atoms with van der Waals surface area (Å²) in [5.74, 6) is -0.372. The topological polar surface area (TPSA) is 35.2 Å². The first-order valence-electron chi connectivity index (χ1n) is 7.55. The number of halogens is 2. The fraction of sp³-hybridized carbons (Fsp3) is 0.333. The Kier molecular flexibility index (Phi) is 11.2. The molecule has 122 valence electrons. The van der Waals surface area contributed by atoms with E-state index in [1.165, 1.54) is 6.07 Å². The van der Waals surface area contributed by atoms with Gasteiger partial charge in [0.2, 0.25) is 0 Å². The van der Waals surface area contributed by atoms with E-state index in [1.54, 1.807) is 12.1 Å². The molecule has 0 amide bonds. The van der Waals surface area contributed by atoms with Crippen LogP contribution in [0.5, 0.6) is 5.75 Å². The molecule has 22 heavy (non-hydrogen) atoms. The Labute approximate surface area is 138 Å². The van der Waals surface area contributed by atoms with E-state index in [9.17, 15) is 4.39 Å². The van der Waals surface area contributed by atoms with E-state index in [0.29, 0.717) is 6.54 Å². The summed E-state index contributed by atoms with van der Waals surface area (Å²) in [6.07, 6.45) is 0. The highest BCUT2D eigenvalue weighted by Crippen LogP contribution is 2.27. The van der Waals surface area contributed by atoms with Gasteiger partial charge in [-0.3, -0.25) is 0 Å². The summed E-state index contributed by atoms with van der Waals surface area (Å²) in [4.78, 5) is 0. The van der Waals surface area contributed by atoms with Gasteiger partial charge < -0.3 is 10.5 Å². The SMILES string of the molecule is CC.CC.NCc1ccc(COc2c(F)cccc2Cl)cc1. The predicted molar refractivity (Wildman–Crippen MR) is 92.8 cm³/mol. The minimum atomic E-state index is -0.457. The summed E-state index contributed by atoms with van der Waals surface area (Å²) in [5.41, 5.74) is 7.49. The van der Waals surface area contributed by atoms with Gasteiger partial charge in [0.05, 0.1) is 5.02 Å². The average molecular weight is 326 g/mol. The first-order valence-corrected chi connectivity index (χ1v) is 7.93. The largest absolute Gasteiger partial charge is 0.484 e. The molecule has 0 atom stereocenters. The molecule has 0 unspecified atom stereocenters. The number of benzene rings is 2. The highest BCUT2D eigenvalue weighted by molar-refractivity contribution is 6.32. The second-order valence-corrected chi connectivity index (χ2v) is 4.27. The second-order valence-electron chi connectivity index (χ2n) is 3.86. The molecule has 0 fully saturated rings. The zero-order valence-electron chi connectivity index (χ0n) is 13.7. The van der Waals surface area contributed by atoms with Gasteiger partial charge in [-0.25, -0.2) is 4.39 Å². The fourth-order valence-electron chi connectivity index (χ4n) is 1.55. The molecule has 0 spiro atoms. The van der Waals surface area contributed by atoms with Gasteiger partial charge in [-0.15, -0.1) is 0 Å². The van der Waals surface area contributed by atoms with Crippen LogP contribution in [0.15, 0.2) is 42.5 Å². The minimum absolute atomic E-state index is 0.0852. The van der Waals surface area contributed by atoms with Gasteiger partial charge in [-0.05, 0) is 23.3 Å². The molecule has 0 heterocycles. The molecule has 2 nitrogen and oxygen atoms in total. The van der Waals surface area contributed by atoms with Crippen molar-refractivity contribution in [2.45, 2.75) is 40.8 Å². The van der Waals surface area contributed by atoms with Gasteiger partial charge in [-0.1, -0.05) is 69.6 Å². The molecule has 4 heteroatoms. The van der Waals surface area contributed by atoms with Crippen LogP contribution in [0.25, 0.3) is 0 Å². The minimum Gasteiger partial charge on any atom is -0.484 e. The Morgan fingerprint density at radius 3 is 2.00 bits per heavy atom. The smallest absolute Gasteiger partial charge is 0.174 e. The molecule has 0 aliphatic heterocycles. The zero-order valence-corrected chi connectivity index (χ0v) is 14.5. The summed E-state index contributed by atoms with van der Waals surface area (Å²) >= 11 is 5.86. The van der Waals surface area contributed by atoms with Crippen molar-refractivity contribution in [2.75, 3.05) is 0 Å². The number of para-hydroxylation sites is 1. The number of ether oxygens (including phenoxy) is 1. The van der Waals surface area contributed by atoms with E-state index >= 15 is 0 Å². The third-order valence-corrected chi connectivity index (χ3v) is 2.86. The lowest BCUT2D eigenvalue weighted by Gasteiger charge is -2.09. The first kappa shape index (κ1) is 20.4. The first-order chi connectivity index (χ1) is 10.7. The highest BCUT2D eigenvalue weighted by Gasteiger charge is 2.07. The maximum atomic E-state index is 13.4. The number of hydrogen-bond donors (Lipinski definition) is 1. The maximum Gasteiger partial charge on any atom is 0.174 e. The molecule has 0 saturated carbocycles. The molecule has 0 aromatic heterocycles. The summed E-state index contributed by atoms with van der Waals surface area (Å²) in [6, 6.07) is 12.1. The number of rotatable bonds is 4. The Balaban J connectivity index is 0.00000102. The molecule has 2 rings (SSSR count). The molecule has 0 saturated heterocycles. The van der Waals surface area contributed by atoms with E-state index in [0.717, 1.165) is 11.1 Å². The van der Waals surface area contributed by atoms with Gasteiger partial charge in [0.1, 0.15) is 6.61 Å². The summed E-state index contributed by atoms with van der Waals surface area (Å²) in [5, 5.41) is 0.272. The van der Waals surface area contributed by atoms with Crippen LogP contribution in [0.3, 0.4) is 0 Å². The van der Waals surface area contributed by atoms with Crippen molar-refractivity contribution < 1.29 is 9.13 Å². The zero-order chi connectivity index (χ0) is 17.0. The van der Waals surface area contributed by atoms with Gasteiger partial charge in [-0.2, -0.15) is 0 Å². The monoisotopic (exact) mass is 325 g/mol. The lowest BCUT2D eigenvalue weighted by molar-refractivity contribution is 0.290. The third kappa shape index (κ3) is 6.46. The van der Waals surface area contributed by atoms with Crippen molar-refractivity contribution >= 4 is 11.6 Å². The van der Waals surface area contributed by atoms with Gasteiger partial charge in [0.15, 0.2) is 11.6 Å². The summed E-state index contributed by atoms with van der Waals surface area (Å²) in [7, 11) is 0. The van der Waals surface area contributed by atoms with E-state index in [1.807, 2.05) is 52.0 Å². The molecule has 2 aromatic carbocycles. The normalized spacial score (nSPS) is 9.05. The average Bonchev–Trinajstić information content (AvgIpc) is 2.58. The van der Waals surface area contributed by atoms with Gasteiger partial charge >= 0.3 is 0 Å². The van der Waals surface area contributed by atoms with Gasteiger partial charge in [0.25, 0.3) is 0 Å². The lowest BCUT2D eigenvalue weighted by atomic mass is 10.1. The molecule has 0 aliphatic carbocycles. The molecule has 2 N–H and O–H groups in total. The fourth-order valence-corrected chi connectivity index (χ4v) is 1.77. The third-order valence-electron chi connectivity index (χ3n) is 2.56. The number of nitrogens with two attached hydrogens (primary N) is 1. The van der Waals surface area contributed by atoms with Crippen molar-refractivity contribution in [1.82, 2.24) is 0 Å². The van der Waals surface area contributed by atoms with Crippen LogP contribution in [0, 0.1) is 5.82 Å². The Morgan fingerprint density at radius 2 is 1.50 bits per heavy atom. The van der Waals surface area contributed by atoms with E-state index in [4.69, 9.17) is 22.1 Å². The van der Waals surface area contributed by atoms with Crippen molar-refractivity contribution in [3.63, 3.8) is 0 Å². The van der Waals surface area contributed by atoms with Crippen molar-refractivity contribution in [3.05, 3.63) is 64.4 Å². The van der Waals surface area contributed by atoms with Crippen LogP contribution >= 0.6 is 11.6 Å². The molecular formula is C18H25ClFNO. The molecule has 0 bridgehead atoms. The second kappa shape index (κ2) is 12.0. The van der Waals surface area contributed by atoms with E-state index < -0.39 is 5.82 Å². The van der Waals surface area contributed by atoms with Crippen LogP contribution in [0.1, 0.15) is 38.8 Å². The van der Waals surface area contributed by atoms with Crippen LogP contribution in [-0.4, -0.2) is 0 Å². The van der Waals surface area contributed by atoms with Crippen LogP contribution in [0.4, 0.5) is 4.39 Å². The highest BCUT2D eigenvalue weighted by atomic mass is 35.5. The standard InChI is InChI=1S/C14H13ClFNO.2C2H6/c15-12-2-1-3-13(16)14(12)18-9-11-6-4-10(8-17)5-7-11;2*1-2/h1-7H,8-9,17H2;2*1-2H3. The van der Waals surface area contributed by atoms with E-state index in [2.05, 4.69) is 0 Å². The Bertz CT molecular complexity index is 509. The van der Waals surface area contributed by atoms with Crippen molar-refractivity contribution in [3.8, 4) is 5.75 Å². The molecular weight excluding hydrogens is 301 g/mol. The van der Waals surface area contributed by atoms with Gasteiger partial charge in [0, 0.05) is 6.54 Å². The molecule has 0 radical (unpaired) electrons. The predicted octanol–water partition coefficient (Wildman–Crippen LogP) is 5.57. The van der Waals surface area contributed by atoms with Crippen LogP contribution in [0.2, 0.25) is 5.02 Å². The summed E-state index contributed by atoms with van der Waals surface area (Å²) in [6.45, 7) is 8.77. The molecule has 2 aromatic rings. The van der Waals surface area contributed by atoms with Crippen molar-refractivity contribution in [2.24, 2.45) is 5.73 Å². The number of hydrogen-bond acceptors (Lipinski definition) is 2. The van der Waals surface area contributed by atoms with Crippen molar-refractivity contribution in [1.29, 1.82) is 0 Å². The lowest BCUT2D eigenvalue weighted by Crippen LogP contribution is -2.00. The Morgan fingerprint density at radius 1 is 0.955 bits per heavy atom. The van der Waals surface area contributed by atoms with Crippen LogP contribution < -0.4 is 10.5 Å². The quantitative estimate of drug-likeness (QED) is 0.797. The summed E-state index contributed by atoms with van der Waals surface area (Å²) < 4.78 is 18.8. The van der Waals surface area contributed by atoms with E-state index in [-0.39, 0.29) is 17.4 Å². The Hall–Kier alpha value is -1.58. The molecule has 0 aliphatic rings.